The third kappa shape index (κ3) is 5.36. The SMILES string of the molecule is C.O=S(=O)([O-])CCCOc1ccc(-c2cc3[n+]4c(c2)-c2cccc[n+]2C4(C#Cc2cc(CO)cc(CO)c2)c2ccccc2-3)cc1. The van der Waals surface area contributed by atoms with E-state index in [2.05, 4.69) is 57.5 Å². The normalized spacial score (nSPS) is 15.2. The highest BCUT2D eigenvalue weighted by molar-refractivity contribution is 7.85. The van der Waals surface area contributed by atoms with Crippen molar-refractivity contribution in [2.24, 2.45) is 0 Å². The van der Waals surface area contributed by atoms with E-state index in [1.807, 2.05) is 60.7 Å². The molecule has 8 nitrogen and oxygen atoms in total. The predicted molar refractivity (Wildman–Crippen MR) is 172 cm³/mol. The smallest absolute Gasteiger partial charge is 0.455 e. The van der Waals surface area contributed by atoms with Crippen LogP contribution in [-0.2, 0) is 29.0 Å². The highest BCUT2D eigenvalue weighted by Crippen LogP contribution is 2.43. The van der Waals surface area contributed by atoms with Gasteiger partial charge >= 0.3 is 5.66 Å². The van der Waals surface area contributed by atoms with E-state index in [4.69, 9.17) is 4.74 Å². The van der Waals surface area contributed by atoms with Crippen LogP contribution in [0.5, 0.6) is 5.75 Å². The number of nitrogens with zero attached hydrogens (tertiary/aromatic N) is 2. The van der Waals surface area contributed by atoms with Crippen LogP contribution in [0, 0.1) is 11.8 Å². The number of hydrogen-bond donors (Lipinski definition) is 2. The van der Waals surface area contributed by atoms with Gasteiger partial charge in [0.15, 0.2) is 6.20 Å². The fourth-order valence-corrected chi connectivity index (χ4v) is 6.80. The van der Waals surface area contributed by atoms with Crippen molar-refractivity contribution < 1.29 is 37.1 Å². The molecule has 0 bridgehead atoms. The van der Waals surface area contributed by atoms with Gasteiger partial charge in [-0.15, -0.1) is 9.13 Å². The van der Waals surface area contributed by atoms with Gasteiger partial charge in [-0.3, -0.25) is 0 Å². The van der Waals surface area contributed by atoms with Crippen molar-refractivity contribution >= 4 is 10.1 Å². The molecule has 0 saturated carbocycles. The Kier molecular flexibility index (Phi) is 8.23. The Hall–Kier alpha value is -4.85. The maximum absolute atomic E-state index is 10.9. The van der Waals surface area contributed by atoms with E-state index in [-0.39, 0.29) is 33.7 Å². The van der Waals surface area contributed by atoms with Gasteiger partial charge in [0, 0.05) is 35.6 Å². The van der Waals surface area contributed by atoms with Crippen LogP contribution in [0.3, 0.4) is 0 Å². The third-order valence-corrected chi connectivity index (χ3v) is 9.02. The first kappa shape index (κ1) is 31.1. The average molecular weight is 634 g/mol. The summed E-state index contributed by atoms with van der Waals surface area (Å²) >= 11 is 0. The molecule has 4 heterocycles. The zero-order valence-corrected chi connectivity index (χ0v) is 25.0. The molecule has 0 spiro atoms. The van der Waals surface area contributed by atoms with Gasteiger partial charge in [-0.05, 0) is 71.1 Å². The first-order valence-corrected chi connectivity index (χ1v) is 16.1. The second-order valence-electron chi connectivity index (χ2n) is 11.1. The van der Waals surface area contributed by atoms with E-state index in [0.717, 1.165) is 39.3 Å². The van der Waals surface area contributed by atoms with Crippen molar-refractivity contribution in [3.8, 4) is 51.4 Å². The zero-order valence-electron chi connectivity index (χ0n) is 24.2. The van der Waals surface area contributed by atoms with Crippen LogP contribution in [0.15, 0.2) is 103 Å². The van der Waals surface area contributed by atoms with Gasteiger partial charge < -0.3 is 19.5 Å². The fourth-order valence-electron chi connectivity index (χ4n) is 6.33. The molecule has 0 saturated heterocycles. The molecule has 46 heavy (non-hydrogen) atoms. The van der Waals surface area contributed by atoms with E-state index in [1.54, 1.807) is 6.07 Å². The highest BCUT2D eigenvalue weighted by Gasteiger charge is 2.66. The number of fused-ring (bicyclic) bond motifs is 6. The van der Waals surface area contributed by atoms with Crippen molar-refractivity contribution in [1.29, 1.82) is 0 Å². The van der Waals surface area contributed by atoms with E-state index >= 15 is 0 Å². The standard InChI is InChI=1S/C36H29N2O6S.CH4/c39-23-26-18-25(19-27(20-26)24-40)13-14-36-32-7-2-1-6-31(32)34-21-29(22-35(38(34)36)33-8-3-4-15-37(33)36)28-9-11-30(12-10-28)44-16-5-17-45(41,42)43;/h1-4,6-12,15,18-22,39-40H,5,16-17,23-24H2;1H4/q+1;. The molecular weight excluding hydrogens is 600 g/mol. The van der Waals surface area contributed by atoms with Crippen molar-refractivity contribution in [1.82, 2.24) is 0 Å². The molecule has 9 heteroatoms. The first-order chi connectivity index (χ1) is 21.8. The molecule has 0 fully saturated rings. The Balaban J connectivity index is 0.00000372. The number of hydrogen-bond acceptors (Lipinski definition) is 6. The molecule has 1 atom stereocenters. The molecule has 0 aliphatic carbocycles. The van der Waals surface area contributed by atoms with Gasteiger partial charge in [-0.2, -0.15) is 0 Å². The summed E-state index contributed by atoms with van der Waals surface area (Å²) in [5.41, 5.74) is 8.42. The van der Waals surface area contributed by atoms with Crippen molar-refractivity contribution in [2.75, 3.05) is 12.4 Å². The van der Waals surface area contributed by atoms with E-state index in [9.17, 15) is 23.2 Å². The second-order valence-corrected chi connectivity index (χ2v) is 12.6. The van der Waals surface area contributed by atoms with Gasteiger partial charge in [0.1, 0.15) is 11.3 Å². The summed E-state index contributed by atoms with van der Waals surface area (Å²) in [6.07, 6.45) is 2.19. The Bertz CT molecular complexity index is 2040. The minimum absolute atomic E-state index is 0. The Morgan fingerprint density at radius 3 is 2.22 bits per heavy atom. The monoisotopic (exact) mass is 633 g/mol. The summed E-state index contributed by atoms with van der Waals surface area (Å²) in [7, 11) is -4.26. The Labute approximate surface area is 268 Å². The van der Waals surface area contributed by atoms with Crippen LogP contribution in [0.25, 0.3) is 33.8 Å². The molecule has 3 aromatic carbocycles. The second kappa shape index (κ2) is 12.2. The summed E-state index contributed by atoms with van der Waals surface area (Å²) in [5.74, 6) is 7.15. The molecule has 0 radical (unpaired) electrons. The number of aliphatic hydroxyl groups is 2. The molecule has 0 amide bonds. The first-order valence-electron chi connectivity index (χ1n) is 14.6. The van der Waals surface area contributed by atoms with Crippen molar-refractivity contribution in [2.45, 2.75) is 32.7 Å². The minimum atomic E-state index is -4.26. The molecule has 2 aromatic heterocycles. The number of ether oxygens (including phenoxy) is 1. The summed E-state index contributed by atoms with van der Waals surface area (Å²) < 4.78 is 42.7. The van der Waals surface area contributed by atoms with Crippen molar-refractivity contribution in [3.05, 3.63) is 126 Å². The van der Waals surface area contributed by atoms with Gasteiger partial charge in [0.05, 0.1) is 41.4 Å². The summed E-state index contributed by atoms with van der Waals surface area (Å²) in [6, 6.07) is 31.8. The molecule has 5 aromatic rings. The minimum Gasteiger partial charge on any atom is -0.748 e. The lowest BCUT2D eigenvalue weighted by Gasteiger charge is -2.10. The quantitative estimate of drug-likeness (QED) is 0.115. The lowest BCUT2D eigenvalue weighted by Crippen LogP contribution is -2.67. The largest absolute Gasteiger partial charge is 0.748 e. The molecule has 232 valence electrons. The number of aromatic nitrogens is 2. The molecule has 2 aliphatic rings. The molecule has 1 unspecified atom stereocenters. The molecule has 7 rings (SSSR count). The van der Waals surface area contributed by atoms with Gasteiger partial charge in [-0.1, -0.05) is 43.7 Å². The molecule has 2 aliphatic heterocycles. The van der Waals surface area contributed by atoms with Gasteiger partial charge in [0.25, 0.3) is 11.4 Å². The number of rotatable bonds is 8. The lowest BCUT2D eigenvalue weighted by atomic mass is 9.95. The predicted octanol–water partition coefficient (Wildman–Crippen LogP) is 4.13. The highest BCUT2D eigenvalue weighted by atomic mass is 32.2. The Morgan fingerprint density at radius 2 is 1.50 bits per heavy atom. The average Bonchev–Trinajstić information content (AvgIpc) is 3.51. The summed E-state index contributed by atoms with van der Waals surface area (Å²) in [4.78, 5) is 0. The zero-order chi connectivity index (χ0) is 31.2. The fraction of sp³-hybridized carbons (Fsp3) is 0.189. The van der Waals surface area contributed by atoms with Gasteiger partial charge in [0.2, 0.25) is 5.69 Å². The third-order valence-electron chi connectivity index (χ3n) is 8.23. The summed E-state index contributed by atoms with van der Waals surface area (Å²) in [6.45, 7) is -0.144. The van der Waals surface area contributed by atoms with E-state index in [1.165, 1.54) is 0 Å². The van der Waals surface area contributed by atoms with E-state index in [0.29, 0.717) is 22.4 Å². The van der Waals surface area contributed by atoms with Crippen LogP contribution in [0.2, 0.25) is 0 Å². The van der Waals surface area contributed by atoms with Crippen LogP contribution < -0.4 is 13.9 Å². The van der Waals surface area contributed by atoms with Crippen LogP contribution >= 0.6 is 0 Å². The lowest BCUT2D eigenvalue weighted by molar-refractivity contribution is -0.924. The van der Waals surface area contributed by atoms with Crippen LogP contribution in [0.4, 0.5) is 0 Å². The van der Waals surface area contributed by atoms with Crippen molar-refractivity contribution in [3.63, 3.8) is 0 Å². The molecule has 2 N–H and O–H groups in total. The maximum Gasteiger partial charge on any atom is 0.455 e. The van der Waals surface area contributed by atoms with E-state index < -0.39 is 21.5 Å². The Morgan fingerprint density at radius 1 is 0.804 bits per heavy atom. The topological polar surface area (TPSA) is 115 Å². The van der Waals surface area contributed by atoms with Gasteiger partial charge in [-0.25, -0.2) is 8.42 Å². The number of pyridine rings is 2. The number of aliphatic hydroxyl groups excluding tert-OH is 2. The molecular formula is C37H33N2O6S+. The maximum atomic E-state index is 10.9. The van der Waals surface area contributed by atoms with Crippen LogP contribution in [-0.4, -0.2) is 35.5 Å². The number of benzene rings is 3. The van der Waals surface area contributed by atoms with Crippen LogP contribution in [0.1, 0.15) is 36.1 Å². The summed E-state index contributed by atoms with van der Waals surface area (Å²) in [5, 5.41) is 19.6.